The molecule has 0 saturated heterocycles. The molecule has 5 heteroatoms. The number of H-pyrrole nitrogens is 1. The molecule has 108 valence electrons. The van der Waals surface area contributed by atoms with Gasteiger partial charge in [-0.05, 0) is 48.5 Å². The van der Waals surface area contributed by atoms with Crippen molar-refractivity contribution in [3.63, 3.8) is 0 Å². The average Bonchev–Trinajstić information content (AvgIpc) is 2.82. The first-order valence-corrected chi connectivity index (χ1v) is 7.47. The average molecular weight is 319 g/mol. The summed E-state index contributed by atoms with van der Waals surface area (Å²) >= 11 is 11.3. The molecule has 0 saturated carbocycles. The quantitative estimate of drug-likeness (QED) is 0.712. The highest BCUT2D eigenvalue weighted by atomic mass is 35.5. The Balaban J connectivity index is 1.92. The van der Waals surface area contributed by atoms with Gasteiger partial charge in [-0.15, -0.1) is 0 Å². The summed E-state index contributed by atoms with van der Waals surface area (Å²) < 4.78 is 8.18. The molecule has 0 radical (unpaired) electrons. The van der Waals surface area contributed by atoms with Crippen LogP contribution >= 0.6 is 23.8 Å². The number of nitrogens with zero attached hydrogens (tertiary/aromatic N) is 1. The molecule has 1 heterocycles. The lowest BCUT2D eigenvalue weighted by atomic mass is 10.1. The van der Waals surface area contributed by atoms with Crippen molar-refractivity contribution in [1.29, 1.82) is 0 Å². The molecule has 2 aromatic carbocycles. The molecule has 3 rings (SSSR count). The first kappa shape index (κ1) is 14.2. The third-order valence-electron chi connectivity index (χ3n) is 3.53. The van der Waals surface area contributed by atoms with E-state index < -0.39 is 0 Å². The lowest BCUT2D eigenvalue weighted by Gasteiger charge is -2.06. The summed E-state index contributed by atoms with van der Waals surface area (Å²) in [5.41, 5.74) is 3.24. The molecule has 0 aliphatic carbocycles. The van der Waals surface area contributed by atoms with Gasteiger partial charge in [0, 0.05) is 11.6 Å². The Bertz CT molecular complexity index is 820. The molecule has 0 aliphatic rings. The standard InChI is InChI=1S/C16H15ClN2OS/c1-20-14-4-2-3-13-15(14)18-16(21)19(13)10-9-11-5-7-12(17)8-6-11/h2-8H,9-10H2,1H3,(H,18,21). The van der Waals surface area contributed by atoms with E-state index in [0.717, 1.165) is 34.8 Å². The Labute approximate surface area is 133 Å². The van der Waals surface area contributed by atoms with Crippen LogP contribution < -0.4 is 4.74 Å². The highest BCUT2D eigenvalue weighted by Crippen LogP contribution is 2.24. The summed E-state index contributed by atoms with van der Waals surface area (Å²) in [4.78, 5) is 3.22. The summed E-state index contributed by atoms with van der Waals surface area (Å²) in [6.45, 7) is 0.813. The van der Waals surface area contributed by atoms with Crippen molar-refractivity contribution in [3.05, 3.63) is 57.8 Å². The van der Waals surface area contributed by atoms with E-state index in [4.69, 9.17) is 28.6 Å². The van der Waals surface area contributed by atoms with Crippen LogP contribution in [0.2, 0.25) is 5.02 Å². The van der Waals surface area contributed by atoms with Gasteiger partial charge in [-0.1, -0.05) is 29.8 Å². The minimum atomic E-state index is 0.712. The summed E-state index contributed by atoms with van der Waals surface area (Å²) in [6, 6.07) is 13.9. The predicted octanol–water partition coefficient (Wildman–Crippen LogP) is 4.60. The van der Waals surface area contributed by atoms with Gasteiger partial charge < -0.3 is 14.3 Å². The molecule has 1 aromatic heterocycles. The molecule has 0 spiro atoms. The number of aromatic amines is 1. The summed E-state index contributed by atoms with van der Waals surface area (Å²) in [7, 11) is 1.66. The first-order chi connectivity index (χ1) is 10.2. The summed E-state index contributed by atoms with van der Waals surface area (Å²) in [6.07, 6.45) is 0.898. The van der Waals surface area contributed by atoms with Crippen LogP contribution in [0.5, 0.6) is 5.75 Å². The third-order valence-corrected chi connectivity index (χ3v) is 4.10. The van der Waals surface area contributed by atoms with Crippen molar-refractivity contribution in [2.45, 2.75) is 13.0 Å². The lowest BCUT2D eigenvalue weighted by Crippen LogP contribution is -2.01. The number of fused-ring (bicyclic) bond motifs is 1. The summed E-state index contributed by atoms with van der Waals surface area (Å²) in [5, 5.41) is 0.757. The van der Waals surface area contributed by atoms with Crippen LogP contribution in [0.4, 0.5) is 0 Å². The molecule has 3 nitrogen and oxygen atoms in total. The Kier molecular flexibility index (Phi) is 3.99. The fourth-order valence-electron chi connectivity index (χ4n) is 2.44. The Hall–Kier alpha value is -1.78. The normalized spacial score (nSPS) is 11.0. The first-order valence-electron chi connectivity index (χ1n) is 6.69. The van der Waals surface area contributed by atoms with E-state index in [1.807, 2.05) is 42.5 Å². The van der Waals surface area contributed by atoms with E-state index in [1.165, 1.54) is 5.56 Å². The Morgan fingerprint density at radius 1 is 1.19 bits per heavy atom. The number of imidazole rings is 1. The van der Waals surface area contributed by atoms with Gasteiger partial charge in [0.05, 0.1) is 12.6 Å². The van der Waals surface area contributed by atoms with Crippen LogP contribution in [-0.2, 0) is 13.0 Å². The Morgan fingerprint density at radius 2 is 1.95 bits per heavy atom. The number of benzene rings is 2. The molecule has 0 atom stereocenters. The van der Waals surface area contributed by atoms with E-state index >= 15 is 0 Å². The number of rotatable bonds is 4. The van der Waals surface area contributed by atoms with Gasteiger partial charge >= 0.3 is 0 Å². The monoisotopic (exact) mass is 318 g/mol. The Morgan fingerprint density at radius 3 is 2.67 bits per heavy atom. The number of hydrogen-bond donors (Lipinski definition) is 1. The van der Waals surface area contributed by atoms with Crippen molar-refractivity contribution in [2.75, 3.05) is 7.11 Å². The van der Waals surface area contributed by atoms with Gasteiger partial charge in [0.15, 0.2) is 4.77 Å². The van der Waals surface area contributed by atoms with Gasteiger partial charge in [-0.2, -0.15) is 0 Å². The fraction of sp³-hybridized carbons (Fsp3) is 0.188. The number of methoxy groups -OCH3 is 1. The number of ether oxygens (including phenoxy) is 1. The lowest BCUT2D eigenvalue weighted by molar-refractivity contribution is 0.419. The summed E-state index contributed by atoms with van der Waals surface area (Å²) in [5.74, 6) is 0.809. The predicted molar refractivity (Wildman–Crippen MR) is 88.8 cm³/mol. The molecule has 21 heavy (non-hydrogen) atoms. The molecular formula is C16H15ClN2OS. The molecule has 0 aliphatic heterocycles. The zero-order valence-electron chi connectivity index (χ0n) is 11.6. The highest BCUT2D eigenvalue weighted by molar-refractivity contribution is 7.71. The maximum Gasteiger partial charge on any atom is 0.178 e. The maximum absolute atomic E-state index is 5.91. The van der Waals surface area contributed by atoms with E-state index in [-0.39, 0.29) is 0 Å². The topological polar surface area (TPSA) is 29.9 Å². The van der Waals surface area contributed by atoms with Gasteiger partial charge in [-0.25, -0.2) is 0 Å². The molecule has 0 fully saturated rings. The van der Waals surface area contributed by atoms with Gasteiger partial charge in [0.1, 0.15) is 11.3 Å². The second-order valence-electron chi connectivity index (χ2n) is 4.81. The van der Waals surface area contributed by atoms with Crippen LogP contribution in [0.3, 0.4) is 0 Å². The van der Waals surface area contributed by atoms with Gasteiger partial charge in [0.2, 0.25) is 0 Å². The zero-order chi connectivity index (χ0) is 14.8. The van der Waals surface area contributed by atoms with Crippen LogP contribution in [0.1, 0.15) is 5.56 Å². The molecule has 1 N–H and O–H groups in total. The van der Waals surface area contributed by atoms with E-state index in [0.29, 0.717) is 4.77 Å². The fourth-order valence-corrected chi connectivity index (χ4v) is 2.86. The third kappa shape index (κ3) is 2.82. The van der Waals surface area contributed by atoms with Crippen molar-refractivity contribution in [3.8, 4) is 5.75 Å². The second kappa shape index (κ2) is 5.92. The van der Waals surface area contributed by atoms with Crippen molar-refractivity contribution in [1.82, 2.24) is 9.55 Å². The van der Waals surface area contributed by atoms with Crippen LogP contribution in [0, 0.1) is 4.77 Å². The smallest absolute Gasteiger partial charge is 0.178 e. The zero-order valence-corrected chi connectivity index (χ0v) is 13.2. The molecule has 0 bridgehead atoms. The van der Waals surface area contributed by atoms with Crippen LogP contribution in [0.15, 0.2) is 42.5 Å². The van der Waals surface area contributed by atoms with Crippen LogP contribution in [0.25, 0.3) is 11.0 Å². The molecule has 0 unspecified atom stereocenters. The minimum absolute atomic E-state index is 0.712. The highest BCUT2D eigenvalue weighted by Gasteiger charge is 2.08. The number of aryl methyl sites for hydroxylation is 2. The number of nitrogens with one attached hydrogen (secondary N) is 1. The molecule has 3 aromatic rings. The molecular weight excluding hydrogens is 304 g/mol. The second-order valence-corrected chi connectivity index (χ2v) is 5.64. The van der Waals surface area contributed by atoms with Gasteiger partial charge in [0.25, 0.3) is 0 Å². The minimum Gasteiger partial charge on any atom is -0.494 e. The van der Waals surface area contributed by atoms with Gasteiger partial charge in [-0.3, -0.25) is 0 Å². The van der Waals surface area contributed by atoms with E-state index in [1.54, 1.807) is 7.11 Å². The van der Waals surface area contributed by atoms with Crippen molar-refractivity contribution < 1.29 is 4.74 Å². The molecule has 0 amide bonds. The number of para-hydroxylation sites is 1. The van der Waals surface area contributed by atoms with Crippen molar-refractivity contribution >= 4 is 34.9 Å². The number of aromatic nitrogens is 2. The van der Waals surface area contributed by atoms with E-state index in [9.17, 15) is 0 Å². The number of halogens is 1. The maximum atomic E-state index is 5.91. The SMILES string of the molecule is COc1cccc2c1[nH]c(=S)n2CCc1ccc(Cl)cc1. The van der Waals surface area contributed by atoms with E-state index in [2.05, 4.69) is 9.55 Å². The van der Waals surface area contributed by atoms with Crippen molar-refractivity contribution in [2.24, 2.45) is 0 Å². The number of hydrogen-bond acceptors (Lipinski definition) is 2. The van der Waals surface area contributed by atoms with Crippen LogP contribution in [-0.4, -0.2) is 16.7 Å². The largest absolute Gasteiger partial charge is 0.494 e.